The number of nitrogens with zero attached hydrogens (tertiary/aromatic N) is 6. The van der Waals surface area contributed by atoms with Gasteiger partial charge in [-0.15, -0.1) is 10.2 Å². The first kappa shape index (κ1) is 29.0. The Bertz CT molecular complexity index is 1980. The molecule has 3 N–H and O–H groups in total. The molecule has 7 rings (SSSR count). The van der Waals surface area contributed by atoms with E-state index in [1.54, 1.807) is 53.9 Å². The molecule has 0 spiro atoms. The maximum absolute atomic E-state index is 13.9. The molecule has 0 aliphatic heterocycles. The normalized spacial score (nSPS) is 17.8. The number of pyridine rings is 3. The molecule has 2 aliphatic rings. The van der Waals surface area contributed by atoms with Crippen LogP contribution in [0, 0.1) is 5.92 Å². The fourth-order valence-electron chi connectivity index (χ4n) is 5.86. The first-order chi connectivity index (χ1) is 21.8. The van der Waals surface area contributed by atoms with Crippen molar-refractivity contribution < 1.29 is 13.2 Å². The SMILES string of the molecule is CC(C)CNS(=O)(=O)c1cc2c(c3cnc(C4CC4)cc13)C(Nc1nncn1-c1cccnc1)CC2NC(=O)c1cccnc1. The molecule has 12 nitrogen and oxygen atoms in total. The van der Waals surface area contributed by atoms with Crippen LogP contribution in [-0.4, -0.2) is 50.6 Å². The van der Waals surface area contributed by atoms with E-state index < -0.39 is 16.1 Å². The fourth-order valence-corrected chi connectivity index (χ4v) is 7.31. The Morgan fingerprint density at radius 1 is 1.02 bits per heavy atom. The van der Waals surface area contributed by atoms with E-state index in [1.807, 2.05) is 32.0 Å². The lowest BCUT2D eigenvalue weighted by molar-refractivity contribution is 0.0935. The van der Waals surface area contributed by atoms with E-state index >= 15 is 0 Å². The molecule has 2 aliphatic carbocycles. The highest BCUT2D eigenvalue weighted by Gasteiger charge is 2.38. The van der Waals surface area contributed by atoms with Crippen LogP contribution in [0.15, 0.2) is 78.6 Å². The number of anilines is 1. The molecule has 0 radical (unpaired) electrons. The van der Waals surface area contributed by atoms with E-state index in [-0.39, 0.29) is 22.8 Å². The first-order valence-electron chi connectivity index (χ1n) is 15.0. The first-order valence-corrected chi connectivity index (χ1v) is 16.5. The summed E-state index contributed by atoms with van der Waals surface area (Å²) in [6.45, 7) is 4.22. The summed E-state index contributed by atoms with van der Waals surface area (Å²) < 4.78 is 32.3. The average Bonchev–Trinajstić information content (AvgIpc) is 3.71. The molecule has 0 saturated heterocycles. The zero-order valence-electron chi connectivity index (χ0n) is 24.9. The zero-order valence-corrected chi connectivity index (χ0v) is 25.7. The second-order valence-electron chi connectivity index (χ2n) is 12.0. The van der Waals surface area contributed by atoms with Gasteiger partial charge >= 0.3 is 0 Å². The Balaban J connectivity index is 1.37. The molecule has 1 saturated carbocycles. The van der Waals surface area contributed by atoms with Gasteiger partial charge in [0.1, 0.15) is 6.33 Å². The van der Waals surface area contributed by atoms with Crippen molar-refractivity contribution in [3.63, 3.8) is 0 Å². The number of amides is 1. The Morgan fingerprint density at radius 3 is 2.53 bits per heavy atom. The fraction of sp³-hybridized carbons (Fsp3) is 0.312. The van der Waals surface area contributed by atoms with Crippen molar-refractivity contribution in [2.24, 2.45) is 5.92 Å². The smallest absolute Gasteiger partial charge is 0.253 e. The number of carbonyl (C=O) groups is 1. The summed E-state index contributed by atoms with van der Waals surface area (Å²) in [5.41, 5.74) is 3.65. The second-order valence-corrected chi connectivity index (χ2v) is 13.7. The van der Waals surface area contributed by atoms with Gasteiger partial charge < -0.3 is 10.6 Å². The van der Waals surface area contributed by atoms with E-state index in [1.165, 1.54) is 6.20 Å². The predicted octanol–water partition coefficient (Wildman–Crippen LogP) is 4.45. The molecule has 1 fully saturated rings. The minimum absolute atomic E-state index is 0.126. The van der Waals surface area contributed by atoms with Gasteiger partial charge in [-0.05, 0) is 72.7 Å². The largest absolute Gasteiger partial charge is 0.347 e. The number of hydrogen-bond donors (Lipinski definition) is 3. The lowest BCUT2D eigenvalue weighted by Gasteiger charge is -2.19. The number of carbonyl (C=O) groups excluding carboxylic acids is 1. The van der Waals surface area contributed by atoms with Crippen LogP contribution in [0.4, 0.5) is 5.95 Å². The Hall–Kier alpha value is -4.75. The maximum atomic E-state index is 13.9. The third-order valence-corrected chi connectivity index (χ3v) is 9.71. The highest BCUT2D eigenvalue weighted by molar-refractivity contribution is 7.89. The summed E-state index contributed by atoms with van der Waals surface area (Å²) in [5.74, 6) is 0.647. The molecule has 5 aromatic rings. The number of aromatic nitrogens is 6. The molecule has 45 heavy (non-hydrogen) atoms. The molecular formula is C32H33N9O3S. The summed E-state index contributed by atoms with van der Waals surface area (Å²) in [5, 5.41) is 16.5. The topological polar surface area (TPSA) is 157 Å². The van der Waals surface area contributed by atoms with Crippen molar-refractivity contribution in [2.75, 3.05) is 11.9 Å². The van der Waals surface area contributed by atoms with E-state index in [4.69, 9.17) is 4.98 Å². The van der Waals surface area contributed by atoms with Crippen molar-refractivity contribution in [1.82, 2.24) is 39.8 Å². The number of hydrogen-bond acceptors (Lipinski definition) is 9. The average molecular weight is 624 g/mol. The van der Waals surface area contributed by atoms with Crippen LogP contribution >= 0.6 is 0 Å². The van der Waals surface area contributed by atoms with E-state index in [0.717, 1.165) is 29.8 Å². The molecule has 4 aromatic heterocycles. The van der Waals surface area contributed by atoms with Gasteiger partial charge in [0, 0.05) is 53.7 Å². The highest BCUT2D eigenvalue weighted by atomic mass is 32.2. The van der Waals surface area contributed by atoms with Crippen LogP contribution in [0.2, 0.25) is 0 Å². The van der Waals surface area contributed by atoms with Gasteiger partial charge in [-0.1, -0.05) is 13.8 Å². The van der Waals surface area contributed by atoms with E-state index in [2.05, 4.69) is 35.5 Å². The Kier molecular flexibility index (Phi) is 7.50. The number of rotatable bonds is 10. The minimum atomic E-state index is -3.89. The minimum Gasteiger partial charge on any atom is -0.347 e. The summed E-state index contributed by atoms with van der Waals surface area (Å²) in [6.07, 6.45) is 12.4. The summed E-state index contributed by atoms with van der Waals surface area (Å²) in [4.78, 5) is 26.7. The summed E-state index contributed by atoms with van der Waals surface area (Å²) in [7, 11) is -3.89. The standard InChI is InChI=1S/C32H33N9O3S/c1-19(2)14-37-45(43,44)29-12-24-27(38-31(42)21-5-3-9-33-15-21)13-28(30(24)25-17-35-26(11-23(25)29)20-7-8-20)39-32-40-36-18-41(32)22-6-4-10-34-16-22/h3-6,9-12,15-20,27-28,37H,7-8,13-14H2,1-2H3,(H,38,42)(H,39,40). The lowest BCUT2D eigenvalue weighted by atomic mass is 9.98. The second kappa shape index (κ2) is 11.6. The quantitative estimate of drug-likeness (QED) is 0.205. The summed E-state index contributed by atoms with van der Waals surface area (Å²) in [6, 6.07) is 9.92. The van der Waals surface area contributed by atoms with Gasteiger partial charge in [0.2, 0.25) is 16.0 Å². The van der Waals surface area contributed by atoms with Crippen molar-refractivity contribution in [3.8, 4) is 5.69 Å². The van der Waals surface area contributed by atoms with E-state index in [0.29, 0.717) is 46.7 Å². The van der Waals surface area contributed by atoms with Crippen LogP contribution in [-0.2, 0) is 10.0 Å². The van der Waals surface area contributed by atoms with Crippen LogP contribution < -0.4 is 15.4 Å². The number of nitrogens with one attached hydrogen (secondary N) is 3. The number of benzene rings is 1. The maximum Gasteiger partial charge on any atom is 0.253 e. The highest BCUT2D eigenvalue weighted by Crippen LogP contribution is 2.47. The van der Waals surface area contributed by atoms with Crippen molar-refractivity contribution in [3.05, 3.63) is 96.1 Å². The van der Waals surface area contributed by atoms with Crippen LogP contribution in [0.3, 0.4) is 0 Å². The molecule has 1 aromatic carbocycles. The molecule has 230 valence electrons. The third kappa shape index (κ3) is 5.76. The summed E-state index contributed by atoms with van der Waals surface area (Å²) >= 11 is 0. The van der Waals surface area contributed by atoms with E-state index in [9.17, 15) is 13.2 Å². The molecule has 0 bridgehead atoms. The lowest BCUT2D eigenvalue weighted by Crippen LogP contribution is -2.29. The molecule has 1 amide bonds. The van der Waals surface area contributed by atoms with Crippen LogP contribution in [0.5, 0.6) is 0 Å². The van der Waals surface area contributed by atoms with Gasteiger partial charge in [0.15, 0.2) is 0 Å². The van der Waals surface area contributed by atoms with Crippen molar-refractivity contribution in [1.29, 1.82) is 0 Å². The zero-order chi connectivity index (χ0) is 31.1. The molecule has 13 heteroatoms. The van der Waals surface area contributed by atoms with Crippen molar-refractivity contribution in [2.45, 2.75) is 56.0 Å². The predicted molar refractivity (Wildman–Crippen MR) is 168 cm³/mol. The van der Waals surface area contributed by atoms with Gasteiger partial charge in [-0.3, -0.25) is 24.3 Å². The Morgan fingerprint density at radius 2 is 1.82 bits per heavy atom. The molecule has 2 unspecified atom stereocenters. The van der Waals surface area contributed by atoms with Crippen LogP contribution in [0.1, 0.15) is 78.3 Å². The molecular weight excluding hydrogens is 590 g/mol. The van der Waals surface area contributed by atoms with Crippen molar-refractivity contribution >= 4 is 32.7 Å². The van der Waals surface area contributed by atoms with Gasteiger partial charge in [-0.25, -0.2) is 13.1 Å². The monoisotopic (exact) mass is 623 g/mol. The number of sulfonamides is 1. The third-order valence-electron chi connectivity index (χ3n) is 8.24. The molecule has 2 atom stereocenters. The van der Waals surface area contributed by atoms with Gasteiger partial charge in [-0.2, -0.15) is 0 Å². The Labute approximate surface area is 260 Å². The van der Waals surface area contributed by atoms with Gasteiger partial charge in [0.05, 0.1) is 34.4 Å². The van der Waals surface area contributed by atoms with Crippen LogP contribution in [0.25, 0.3) is 16.5 Å². The van der Waals surface area contributed by atoms with Gasteiger partial charge in [0.25, 0.3) is 5.91 Å². The molecule has 4 heterocycles. The number of fused-ring (bicyclic) bond motifs is 3.